The number of carboxylic acids is 2. The highest BCUT2D eigenvalue weighted by Gasteiger charge is 2.07. The average Bonchev–Trinajstić information content (AvgIpc) is 2.66. The molecular weight excluding hydrogens is 350 g/mol. The molecule has 8 nitrogen and oxygen atoms in total. The summed E-state index contributed by atoms with van der Waals surface area (Å²) in [6.45, 7) is 1.60. The van der Waals surface area contributed by atoms with E-state index in [2.05, 4.69) is 29.1 Å². The summed E-state index contributed by atoms with van der Waals surface area (Å²) in [7, 11) is 4.10. The van der Waals surface area contributed by atoms with E-state index in [0.717, 1.165) is 29.8 Å². The van der Waals surface area contributed by atoms with E-state index in [0.29, 0.717) is 6.61 Å². The first-order chi connectivity index (χ1) is 12.9. The summed E-state index contributed by atoms with van der Waals surface area (Å²) in [4.78, 5) is 29.9. The van der Waals surface area contributed by atoms with Gasteiger partial charge in [-0.05, 0) is 32.6 Å². The summed E-state index contributed by atoms with van der Waals surface area (Å²) in [6, 6.07) is 13.9. The zero-order valence-electron chi connectivity index (χ0n) is 15.3. The lowest BCUT2D eigenvalue weighted by Crippen LogP contribution is -2.14. The van der Waals surface area contributed by atoms with Crippen molar-refractivity contribution in [3.05, 3.63) is 66.0 Å². The van der Waals surface area contributed by atoms with Gasteiger partial charge in [0.2, 0.25) is 0 Å². The number of carboxylic acid groups (broad SMARTS) is 2. The van der Waals surface area contributed by atoms with E-state index in [-0.39, 0.29) is 0 Å². The van der Waals surface area contributed by atoms with Gasteiger partial charge in [-0.25, -0.2) is 9.59 Å². The fraction of sp³-hybridized carbons (Fsp3) is 0.263. The van der Waals surface area contributed by atoms with Gasteiger partial charge in [-0.3, -0.25) is 4.98 Å². The third kappa shape index (κ3) is 9.13. The van der Waals surface area contributed by atoms with Crippen LogP contribution >= 0.6 is 0 Å². The van der Waals surface area contributed by atoms with Gasteiger partial charge >= 0.3 is 11.9 Å². The number of oxime groups is 1. The fourth-order valence-electron chi connectivity index (χ4n) is 1.93. The molecule has 1 aromatic heterocycles. The Morgan fingerprint density at radius 3 is 2.07 bits per heavy atom. The van der Waals surface area contributed by atoms with Crippen LogP contribution in [-0.4, -0.2) is 65.0 Å². The van der Waals surface area contributed by atoms with Crippen LogP contribution in [0.15, 0.2) is 60.0 Å². The van der Waals surface area contributed by atoms with E-state index >= 15 is 0 Å². The minimum Gasteiger partial charge on any atom is -0.473 e. The van der Waals surface area contributed by atoms with Crippen LogP contribution in [0.1, 0.15) is 17.5 Å². The summed E-state index contributed by atoms with van der Waals surface area (Å²) in [5.41, 5.74) is 2.88. The number of hydrogen-bond acceptors (Lipinski definition) is 6. The topological polar surface area (TPSA) is 112 Å². The maximum atomic E-state index is 9.10. The van der Waals surface area contributed by atoms with E-state index in [4.69, 9.17) is 24.6 Å². The SMILES string of the molecule is CN(C)CCCON=C(c1ccccc1)c1ccncc1.O=C(O)C(=O)O. The van der Waals surface area contributed by atoms with E-state index < -0.39 is 11.9 Å². The lowest BCUT2D eigenvalue weighted by molar-refractivity contribution is -0.159. The van der Waals surface area contributed by atoms with Gasteiger partial charge in [-0.15, -0.1) is 0 Å². The molecule has 2 rings (SSSR count). The van der Waals surface area contributed by atoms with Crippen molar-refractivity contribution in [1.29, 1.82) is 0 Å². The normalized spacial score (nSPS) is 10.7. The number of rotatable bonds is 7. The van der Waals surface area contributed by atoms with Crippen molar-refractivity contribution >= 4 is 17.7 Å². The van der Waals surface area contributed by atoms with Crippen LogP contribution in [0.2, 0.25) is 0 Å². The Hall–Kier alpha value is -3.26. The molecule has 2 aromatic rings. The van der Waals surface area contributed by atoms with Gasteiger partial charge in [-0.1, -0.05) is 35.5 Å². The first-order valence-electron chi connectivity index (χ1n) is 8.18. The van der Waals surface area contributed by atoms with Crippen LogP contribution in [0, 0.1) is 0 Å². The third-order valence-corrected chi connectivity index (χ3v) is 3.18. The molecule has 0 aliphatic rings. The molecule has 0 fully saturated rings. The van der Waals surface area contributed by atoms with Crippen molar-refractivity contribution < 1.29 is 24.6 Å². The number of benzene rings is 1. The second kappa shape index (κ2) is 12.2. The molecule has 0 saturated heterocycles. The number of aliphatic carboxylic acids is 2. The maximum absolute atomic E-state index is 9.10. The molecule has 0 amide bonds. The van der Waals surface area contributed by atoms with E-state index in [1.54, 1.807) is 12.4 Å². The molecule has 0 aliphatic heterocycles. The van der Waals surface area contributed by atoms with Crippen molar-refractivity contribution in [2.24, 2.45) is 5.16 Å². The zero-order valence-corrected chi connectivity index (χ0v) is 15.3. The van der Waals surface area contributed by atoms with Gasteiger partial charge in [-0.2, -0.15) is 0 Å². The summed E-state index contributed by atoms with van der Waals surface area (Å²) >= 11 is 0. The molecule has 1 aromatic carbocycles. The number of nitrogens with zero attached hydrogens (tertiary/aromatic N) is 3. The second-order valence-corrected chi connectivity index (χ2v) is 5.64. The van der Waals surface area contributed by atoms with Crippen LogP contribution in [0.5, 0.6) is 0 Å². The smallest absolute Gasteiger partial charge is 0.414 e. The Morgan fingerprint density at radius 1 is 1.00 bits per heavy atom. The number of carbonyl (C=O) groups is 2. The summed E-state index contributed by atoms with van der Waals surface area (Å²) in [6.07, 6.45) is 4.48. The van der Waals surface area contributed by atoms with Gasteiger partial charge in [0.1, 0.15) is 12.3 Å². The number of aromatic nitrogens is 1. The molecule has 0 radical (unpaired) electrons. The van der Waals surface area contributed by atoms with Crippen LogP contribution in [0.3, 0.4) is 0 Å². The van der Waals surface area contributed by atoms with Gasteiger partial charge in [0.05, 0.1) is 0 Å². The van der Waals surface area contributed by atoms with Gasteiger partial charge in [0.25, 0.3) is 0 Å². The molecule has 2 N–H and O–H groups in total. The van der Waals surface area contributed by atoms with E-state index in [1.165, 1.54) is 0 Å². The quantitative estimate of drug-likeness (QED) is 0.330. The van der Waals surface area contributed by atoms with E-state index in [1.807, 2.05) is 42.5 Å². The lowest BCUT2D eigenvalue weighted by atomic mass is 10.0. The molecule has 0 aliphatic carbocycles. The third-order valence-electron chi connectivity index (χ3n) is 3.18. The molecule has 0 atom stereocenters. The summed E-state index contributed by atoms with van der Waals surface area (Å²) in [5, 5.41) is 19.1. The van der Waals surface area contributed by atoms with Gasteiger partial charge in [0, 0.05) is 30.1 Å². The van der Waals surface area contributed by atoms with Crippen molar-refractivity contribution in [2.75, 3.05) is 27.2 Å². The highest BCUT2D eigenvalue weighted by Crippen LogP contribution is 2.10. The molecule has 27 heavy (non-hydrogen) atoms. The molecule has 144 valence electrons. The Labute approximate surface area is 157 Å². The van der Waals surface area contributed by atoms with Crippen molar-refractivity contribution in [2.45, 2.75) is 6.42 Å². The fourth-order valence-corrected chi connectivity index (χ4v) is 1.93. The van der Waals surface area contributed by atoms with Gasteiger partial charge < -0.3 is 20.0 Å². The largest absolute Gasteiger partial charge is 0.473 e. The monoisotopic (exact) mass is 373 g/mol. The van der Waals surface area contributed by atoms with Crippen LogP contribution in [-0.2, 0) is 14.4 Å². The first-order valence-corrected chi connectivity index (χ1v) is 8.18. The molecule has 0 bridgehead atoms. The zero-order chi connectivity index (χ0) is 20.1. The highest BCUT2D eigenvalue weighted by atomic mass is 16.6. The minimum atomic E-state index is -1.82. The van der Waals surface area contributed by atoms with Crippen molar-refractivity contribution in [3.8, 4) is 0 Å². The Bertz CT molecular complexity index is 680. The van der Waals surface area contributed by atoms with Crippen molar-refractivity contribution in [3.63, 3.8) is 0 Å². The number of hydrogen-bond donors (Lipinski definition) is 2. The molecule has 8 heteroatoms. The van der Waals surface area contributed by atoms with Crippen LogP contribution < -0.4 is 0 Å². The molecular formula is C19H23N3O5. The first kappa shape index (κ1) is 21.8. The average molecular weight is 373 g/mol. The highest BCUT2D eigenvalue weighted by molar-refractivity contribution is 6.27. The van der Waals surface area contributed by atoms with Crippen molar-refractivity contribution in [1.82, 2.24) is 9.88 Å². The Balaban J connectivity index is 0.000000527. The Kier molecular flexibility index (Phi) is 9.80. The van der Waals surface area contributed by atoms with E-state index in [9.17, 15) is 0 Å². The minimum absolute atomic E-state index is 0.611. The predicted molar refractivity (Wildman–Crippen MR) is 101 cm³/mol. The second-order valence-electron chi connectivity index (χ2n) is 5.64. The van der Waals surface area contributed by atoms with Crippen LogP contribution in [0.4, 0.5) is 0 Å². The standard InChI is InChI=1S/C17H21N3O.C2H2O4/c1-20(2)13-6-14-21-19-17(15-7-4-3-5-8-15)16-9-11-18-12-10-16;3-1(4)2(5)6/h3-5,7-12H,6,13-14H2,1-2H3;(H,3,4)(H,5,6). The van der Waals surface area contributed by atoms with Gasteiger partial charge in [0.15, 0.2) is 0 Å². The Morgan fingerprint density at radius 2 is 1.56 bits per heavy atom. The molecule has 1 heterocycles. The van der Waals surface area contributed by atoms with Crippen LogP contribution in [0.25, 0.3) is 0 Å². The molecule has 0 saturated carbocycles. The maximum Gasteiger partial charge on any atom is 0.414 e. The lowest BCUT2D eigenvalue weighted by Gasteiger charge is -2.09. The molecule has 0 spiro atoms. The number of pyridine rings is 1. The summed E-state index contributed by atoms with van der Waals surface area (Å²) in [5.74, 6) is -3.65. The predicted octanol–water partition coefficient (Wildman–Crippen LogP) is 1.96. The summed E-state index contributed by atoms with van der Waals surface area (Å²) < 4.78 is 0. The molecule has 0 unspecified atom stereocenters.